The molecule has 1 aliphatic carbocycles. The van der Waals surface area contributed by atoms with Crippen LogP contribution in [0.25, 0.3) is 0 Å². The van der Waals surface area contributed by atoms with Crippen molar-refractivity contribution in [3.8, 4) is 0 Å². The van der Waals surface area contributed by atoms with Crippen LogP contribution in [0.3, 0.4) is 0 Å². The second-order valence-corrected chi connectivity index (χ2v) is 6.75. The molecule has 3 atom stereocenters. The van der Waals surface area contributed by atoms with E-state index in [1.54, 1.807) is 0 Å². The lowest BCUT2D eigenvalue weighted by Crippen LogP contribution is -3.09. The largest absolute Gasteiger partial charge is 0.348 e. The van der Waals surface area contributed by atoms with Crippen LogP contribution in [0.15, 0.2) is 24.3 Å². The average Bonchev–Trinajstić information content (AvgIpc) is 2.44. The highest BCUT2D eigenvalue weighted by molar-refractivity contribution is 6.31. The van der Waals surface area contributed by atoms with Crippen LogP contribution < -0.4 is 10.2 Å². The minimum absolute atomic E-state index is 0.151. The highest BCUT2D eigenvalue weighted by Gasteiger charge is 2.23. The number of benzene rings is 1. The van der Waals surface area contributed by atoms with Crippen LogP contribution in [-0.2, 0) is 11.3 Å². The number of likely N-dealkylation sites (N-methyl/N-ethyl adjacent to an activating group) is 1. The lowest BCUT2D eigenvalue weighted by atomic mass is 9.86. The van der Waals surface area contributed by atoms with E-state index in [1.807, 2.05) is 31.3 Å². The highest BCUT2D eigenvalue weighted by atomic mass is 35.5. The van der Waals surface area contributed by atoms with Gasteiger partial charge in [0.05, 0.1) is 7.05 Å². The van der Waals surface area contributed by atoms with E-state index in [0.29, 0.717) is 18.5 Å². The molecular formula is C17H26ClN2O+. The summed E-state index contributed by atoms with van der Waals surface area (Å²) in [5.41, 5.74) is 1.09. The fraction of sp³-hybridized carbons (Fsp3) is 0.588. The van der Waals surface area contributed by atoms with E-state index < -0.39 is 0 Å². The average molecular weight is 310 g/mol. The topological polar surface area (TPSA) is 33.5 Å². The number of halogens is 1. The third kappa shape index (κ3) is 5.01. The quantitative estimate of drug-likeness (QED) is 0.857. The third-order valence-electron chi connectivity index (χ3n) is 4.37. The van der Waals surface area contributed by atoms with E-state index in [-0.39, 0.29) is 5.91 Å². The van der Waals surface area contributed by atoms with Gasteiger partial charge in [0.1, 0.15) is 6.54 Å². The molecule has 0 aliphatic heterocycles. The monoisotopic (exact) mass is 309 g/mol. The minimum Gasteiger partial charge on any atom is -0.348 e. The molecule has 0 spiro atoms. The molecule has 1 aromatic rings. The number of quaternary nitrogens is 1. The normalized spacial score (nSPS) is 23.6. The predicted molar refractivity (Wildman–Crippen MR) is 86.5 cm³/mol. The maximum absolute atomic E-state index is 12.2. The number of carbonyl (C=O) groups is 1. The molecule has 116 valence electrons. The fourth-order valence-electron chi connectivity index (χ4n) is 3.09. The van der Waals surface area contributed by atoms with Gasteiger partial charge in [-0.2, -0.15) is 0 Å². The SMILES string of the molecule is C[C@H]1CCCC[C@H]1NC(=O)C[NH+](C)Cc1ccccc1Cl. The smallest absolute Gasteiger partial charge is 0.275 e. The van der Waals surface area contributed by atoms with Gasteiger partial charge in [-0.1, -0.05) is 49.6 Å². The molecule has 0 bridgehead atoms. The molecule has 2 rings (SSSR count). The summed E-state index contributed by atoms with van der Waals surface area (Å²) >= 11 is 6.17. The molecular weight excluding hydrogens is 284 g/mol. The maximum Gasteiger partial charge on any atom is 0.275 e. The zero-order valence-corrected chi connectivity index (χ0v) is 13.7. The van der Waals surface area contributed by atoms with Crippen molar-refractivity contribution in [2.75, 3.05) is 13.6 Å². The molecule has 21 heavy (non-hydrogen) atoms. The summed E-state index contributed by atoms with van der Waals surface area (Å²) in [6.45, 7) is 3.51. The van der Waals surface area contributed by atoms with Crippen LogP contribution in [0.1, 0.15) is 38.2 Å². The predicted octanol–water partition coefficient (Wildman–Crippen LogP) is 2.05. The molecule has 0 radical (unpaired) electrons. The van der Waals surface area contributed by atoms with E-state index in [1.165, 1.54) is 19.3 Å². The van der Waals surface area contributed by atoms with Gasteiger partial charge in [0.15, 0.2) is 6.54 Å². The number of rotatable bonds is 5. The second-order valence-electron chi connectivity index (χ2n) is 6.34. The number of nitrogens with one attached hydrogen (secondary N) is 2. The first kappa shape index (κ1) is 16.3. The van der Waals surface area contributed by atoms with E-state index in [2.05, 4.69) is 12.2 Å². The van der Waals surface area contributed by atoms with Crippen LogP contribution in [0.2, 0.25) is 5.02 Å². The fourth-order valence-corrected chi connectivity index (χ4v) is 3.29. The van der Waals surface area contributed by atoms with Crippen molar-refractivity contribution in [2.45, 2.75) is 45.2 Å². The summed E-state index contributed by atoms with van der Waals surface area (Å²) in [5.74, 6) is 0.755. The van der Waals surface area contributed by atoms with Gasteiger partial charge in [0, 0.05) is 16.6 Å². The van der Waals surface area contributed by atoms with Gasteiger partial charge in [-0.3, -0.25) is 4.79 Å². The van der Waals surface area contributed by atoms with Crippen LogP contribution >= 0.6 is 11.6 Å². The van der Waals surface area contributed by atoms with Gasteiger partial charge in [0.25, 0.3) is 5.91 Å². The molecule has 3 nitrogen and oxygen atoms in total. The van der Waals surface area contributed by atoms with Crippen LogP contribution in [0.5, 0.6) is 0 Å². The Morgan fingerprint density at radius 2 is 2.05 bits per heavy atom. The van der Waals surface area contributed by atoms with Gasteiger partial charge >= 0.3 is 0 Å². The van der Waals surface area contributed by atoms with Crippen molar-refractivity contribution < 1.29 is 9.69 Å². The molecule has 0 heterocycles. The molecule has 0 saturated heterocycles. The summed E-state index contributed by atoms with van der Waals surface area (Å²) in [6.07, 6.45) is 4.88. The lowest BCUT2D eigenvalue weighted by Gasteiger charge is -2.29. The molecule has 1 saturated carbocycles. The van der Waals surface area contributed by atoms with Crippen molar-refractivity contribution in [1.82, 2.24) is 5.32 Å². The van der Waals surface area contributed by atoms with Gasteiger partial charge < -0.3 is 10.2 Å². The Morgan fingerprint density at radius 3 is 2.76 bits per heavy atom. The van der Waals surface area contributed by atoms with Crippen molar-refractivity contribution in [3.05, 3.63) is 34.9 Å². The summed E-state index contributed by atoms with van der Waals surface area (Å²) in [6, 6.07) is 8.19. The first-order chi connectivity index (χ1) is 10.1. The summed E-state index contributed by atoms with van der Waals surface area (Å²) < 4.78 is 0. The first-order valence-corrected chi connectivity index (χ1v) is 8.28. The minimum atomic E-state index is 0.151. The van der Waals surface area contributed by atoms with Gasteiger partial charge in [-0.05, 0) is 24.8 Å². The molecule has 1 amide bonds. The Morgan fingerprint density at radius 1 is 1.33 bits per heavy atom. The molecule has 1 unspecified atom stereocenters. The van der Waals surface area contributed by atoms with Gasteiger partial charge in [-0.25, -0.2) is 0 Å². The zero-order valence-electron chi connectivity index (χ0n) is 13.0. The number of carbonyl (C=O) groups excluding carboxylic acids is 1. The molecule has 1 aromatic carbocycles. The first-order valence-electron chi connectivity index (χ1n) is 7.90. The molecule has 0 aromatic heterocycles. The summed E-state index contributed by atoms with van der Waals surface area (Å²) in [7, 11) is 2.03. The maximum atomic E-state index is 12.2. The van der Waals surface area contributed by atoms with Crippen LogP contribution in [0, 0.1) is 5.92 Å². The molecule has 1 aliphatic rings. The Hall–Kier alpha value is -1.06. The van der Waals surface area contributed by atoms with Crippen molar-refractivity contribution in [1.29, 1.82) is 0 Å². The Kier molecular flexibility index (Phi) is 6.07. The van der Waals surface area contributed by atoms with E-state index >= 15 is 0 Å². The number of amides is 1. The van der Waals surface area contributed by atoms with E-state index in [4.69, 9.17) is 11.6 Å². The van der Waals surface area contributed by atoms with Crippen molar-refractivity contribution in [3.63, 3.8) is 0 Å². The molecule has 2 N–H and O–H groups in total. The summed E-state index contributed by atoms with van der Waals surface area (Å²) in [4.78, 5) is 13.3. The Labute approximate surface area is 132 Å². The van der Waals surface area contributed by atoms with Crippen LogP contribution in [-0.4, -0.2) is 25.5 Å². The van der Waals surface area contributed by atoms with E-state index in [0.717, 1.165) is 28.5 Å². The number of hydrogen-bond acceptors (Lipinski definition) is 1. The lowest BCUT2D eigenvalue weighted by molar-refractivity contribution is -0.885. The van der Waals surface area contributed by atoms with Crippen molar-refractivity contribution in [2.24, 2.45) is 5.92 Å². The van der Waals surface area contributed by atoms with Gasteiger partial charge in [0.2, 0.25) is 0 Å². The van der Waals surface area contributed by atoms with Gasteiger partial charge in [-0.15, -0.1) is 0 Å². The van der Waals surface area contributed by atoms with E-state index in [9.17, 15) is 4.79 Å². The van der Waals surface area contributed by atoms with Crippen molar-refractivity contribution >= 4 is 17.5 Å². The van der Waals surface area contributed by atoms with Crippen LogP contribution in [0.4, 0.5) is 0 Å². The summed E-state index contributed by atoms with van der Waals surface area (Å²) in [5, 5.41) is 3.98. The standard InChI is InChI=1S/C17H25ClN2O/c1-13-7-3-6-10-16(13)19-17(21)12-20(2)11-14-8-4-5-9-15(14)18/h4-5,8-9,13,16H,3,6-7,10-12H2,1-2H3,(H,19,21)/p+1/t13-,16+/m0/s1. The highest BCUT2D eigenvalue weighted by Crippen LogP contribution is 2.23. The zero-order chi connectivity index (χ0) is 15.2. The Bertz CT molecular complexity index is 478. The molecule has 1 fully saturated rings. The molecule has 4 heteroatoms. The third-order valence-corrected chi connectivity index (χ3v) is 4.74. The Balaban J connectivity index is 1.80. The number of hydrogen-bond donors (Lipinski definition) is 2. The second kappa shape index (κ2) is 7.81.